The van der Waals surface area contributed by atoms with Gasteiger partial charge in [-0.3, -0.25) is 0 Å². The second-order valence-electron chi connectivity index (χ2n) is 2.95. The van der Waals surface area contributed by atoms with Crippen molar-refractivity contribution in [3.05, 3.63) is 23.8 Å². The van der Waals surface area contributed by atoms with Crippen LogP contribution in [0.25, 0.3) is 0 Å². The van der Waals surface area contributed by atoms with E-state index in [-0.39, 0.29) is 0 Å². The fourth-order valence-electron chi connectivity index (χ4n) is 1.16. The maximum Gasteiger partial charge on any atom is 0.120 e. The van der Waals surface area contributed by atoms with Crippen LogP contribution in [0.3, 0.4) is 0 Å². The van der Waals surface area contributed by atoms with Crippen molar-refractivity contribution in [3.63, 3.8) is 0 Å². The molecular formula is C11H14N2O. The van der Waals surface area contributed by atoms with Gasteiger partial charge in [0, 0.05) is 6.54 Å². The van der Waals surface area contributed by atoms with Crippen molar-refractivity contribution in [2.45, 2.75) is 13.3 Å². The van der Waals surface area contributed by atoms with Gasteiger partial charge in [-0.15, -0.1) is 0 Å². The summed E-state index contributed by atoms with van der Waals surface area (Å²) in [5, 5.41) is 12.1. The van der Waals surface area contributed by atoms with Crippen LogP contribution >= 0.6 is 0 Å². The number of methoxy groups -OCH3 is 1. The van der Waals surface area contributed by atoms with E-state index in [9.17, 15) is 0 Å². The highest BCUT2D eigenvalue weighted by molar-refractivity contribution is 5.59. The normalized spacial score (nSPS) is 9.21. The first-order chi connectivity index (χ1) is 6.81. The van der Waals surface area contributed by atoms with Crippen molar-refractivity contribution in [3.8, 4) is 11.8 Å². The smallest absolute Gasteiger partial charge is 0.120 e. The summed E-state index contributed by atoms with van der Waals surface area (Å²) < 4.78 is 5.04. The van der Waals surface area contributed by atoms with Crippen molar-refractivity contribution >= 4 is 5.69 Å². The van der Waals surface area contributed by atoms with Gasteiger partial charge in [0.15, 0.2) is 0 Å². The van der Waals surface area contributed by atoms with Crippen LogP contribution in [-0.4, -0.2) is 13.7 Å². The number of rotatable bonds is 4. The Bertz CT molecular complexity index is 342. The Morgan fingerprint density at radius 2 is 2.29 bits per heavy atom. The van der Waals surface area contributed by atoms with Gasteiger partial charge in [0.1, 0.15) is 11.8 Å². The largest absolute Gasteiger partial charge is 0.497 e. The van der Waals surface area contributed by atoms with Crippen molar-refractivity contribution in [2.75, 3.05) is 19.0 Å². The standard InChI is InChI=1S/C11H14N2O/c1-3-6-13-11-5-4-10(14-2)7-9(11)8-12/h4-5,7,13H,3,6H2,1-2H3. The summed E-state index contributed by atoms with van der Waals surface area (Å²) in [6, 6.07) is 7.58. The SMILES string of the molecule is CCCNc1ccc(OC)cc1C#N. The van der Waals surface area contributed by atoms with Crippen LogP contribution in [0, 0.1) is 11.3 Å². The number of hydrogen-bond acceptors (Lipinski definition) is 3. The van der Waals surface area contributed by atoms with Gasteiger partial charge in [-0.25, -0.2) is 0 Å². The van der Waals surface area contributed by atoms with Crippen LogP contribution in [0.15, 0.2) is 18.2 Å². The molecule has 74 valence electrons. The summed E-state index contributed by atoms with van der Waals surface area (Å²) in [5.41, 5.74) is 1.49. The third kappa shape index (κ3) is 2.40. The van der Waals surface area contributed by atoms with E-state index in [1.165, 1.54) is 0 Å². The number of nitriles is 1. The number of nitrogens with one attached hydrogen (secondary N) is 1. The van der Waals surface area contributed by atoms with E-state index in [1.807, 2.05) is 12.1 Å². The molecule has 3 nitrogen and oxygen atoms in total. The third-order valence-corrected chi connectivity index (χ3v) is 1.91. The highest BCUT2D eigenvalue weighted by atomic mass is 16.5. The number of anilines is 1. The molecule has 14 heavy (non-hydrogen) atoms. The highest BCUT2D eigenvalue weighted by Crippen LogP contribution is 2.20. The first-order valence-corrected chi connectivity index (χ1v) is 4.63. The highest BCUT2D eigenvalue weighted by Gasteiger charge is 2.02. The van der Waals surface area contributed by atoms with Crippen LogP contribution in [0.4, 0.5) is 5.69 Å². The Kier molecular flexibility index (Phi) is 3.81. The number of ether oxygens (including phenoxy) is 1. The topological polar surface area (TPSA) is 45.0 Å². The van der Waals surface area contributed by atoms with E-state index in [1.54, 1.807) is 13.2 Å². The van der Waals surface area contributed by atoms with Crippen LogP contribution in [0.5, 0.6) is 5.75 Å². The maximum absolute atomic E-state index is 8.89. The first kappa shape index (κ1) is 10.4. The van der Waals surface area contributed by atoms with Gasteiger partial charge >= 0.3 is 0 Å². The summed E-state index contributed by atoms with van der Waals surface area (Å²) in [7, 11) is 1.59. The van der Waals surface area contributed by atoms with Gasteiger partial charge in [0.05, 0.1) is 18.4 Å². The molecule has 0 atom stereocenters. The van der Waals surface area contributed by atoms with Crippen LogP contribution in [0.1, 0.15) is 18.9 Å². The molecule has 0 fully saturated rings. The zero-order valence-corrected chi connectivity index (χ0v) is 8.50. The van der Waals surface area contributed by atoms with Crippen molar-refractivity contribution in [2.24, 2.45) is 0 Å². The van der Waals surface area contributed by atoms with E-state index in [4.69, 9.17) is 10.00 Å². The molecule has 0 bridgehead atoms. The minimum Gasteiger partial charge on any atom is -0.497 e. The molecule has 0 heterocycles. The Balaban J connectivity index is 2.89. The maximum atomic E-state index is 8.89. The molecule has 0 unspecified atom stereocenters. The lowest BCUT2D eigenvalue weighted by Crippen LogP contribution is -2.01. The summed E-state index contributed by atoms with van der Waals surface area (Å²) >= 11 is 0. The second-order valence-corrected chi connectivity index (χ2v) is 2.95. The number of benzene rings is 1. The molecule has 1 aromatic rings. The quantitative estimate of drug-likeness (QED) is 0.792. The van der Waals surface area contributed by atoms with E-state index >= 15 is 0 Å². The van der Waals surface area contributed by atoms with E-state index in [0.29, 0.717) is 11.3 Å². The fourth-order valence-corrected chi connectivity index (χ4v) is 1.16. The lowest BCUT2D eigenvalue weighted by atomic mass is 10.2. The van der Waals surface area contributed by atoms with Gasteiger partial charge in [-0.2, -0.15) is 5.26 Å². The van der Waals surface area contributed by atoms with Crippen LogP contribution in [0.2, 0.25) is 0 Å². The zero-order valence-electron chi connectivity index (χ0n) is 8.50. The molecule has 0 aromatic heterocycles. The summed E-state index contributed by atoms with van der Waals surface area (Å²) in [4.78, 5) is 0. The van der Waals surface area contributed by atoms with Gasteiger partial charge in [0.2, 0.25) is 0 Å². The molecule has 0 aliphatic heterocycles. The minimum atomic E-state index is 0.623. The molecule has 1 N–H and O–H groups in total. The van der Waals surface area contributed by atoms with E-state index in [2.05, 4.69) is 18.3 Å². The molecule has 1 rings (SSSR count). The van der Waals surface area contributed by atoms with Gasteiger partial charge in [0.25, 0.3) is 0 Å². The Labute approximate surface area is 84.3 Å². The third-order valence-electron chi connectivity index (χ3n) is 1.91. The molecule has 0 spiro atoms. The number of hydrogen-bond donors (Lipinski definition) is 1. The molecule has 0 aliphatic rings. The number of nitrogens with zero attached hydrogens (tertiary/aromatic N) is 1. The molecule has 0 saturated carbocycles. The summed E-state index contributed by atoms with van der Waals surface area (Å²) in [5.74, 6) is 0.712. The Morgan fingerprint density at radius 3 is 2.86 bits per heavy atom. The lowest BCUT2D eigenvalue weighted by Gasteiger charge is -2.07. The van der Waals surface area contributed by atoms with Gasteiger partial charge in [-0.05, 0) is 24.6 Å². The monoisotopic (exact) mass is 190 g/mol. The van der Waals surface area contributed by atoms with Gasteiger partial charge < -0.3 is 10.1 Å². The lowest BCUT2D eigenvalue weighted by molar-refractivity contribution is 0.414. The van der Waals surface area contributed by atoms with Crippen LogP contribution in [-0.2, 0) is 0 Å². The van der Waals surface area contributed by atoms with Gasteiger partial charge in [-0.1, -0.05) is 6.92 Å². The van der Waals surface area contributed by atoms with Crippen molar-refractivity contribution in [1.29, 1.82) is 5.26 Å². The predicted octanol–water partition coefficient (Wildman–Crippen LogP) is 2.39. The molecule has 0 radical (unpaired) electrons. The zero-order chi connectivity index (χ0) is 10.4. The molecule has 3 heteroatoms. The van der Waals surface area contributed by atoms with Crippen LogP contribution < -0.4 is 10.1 Å². The molecule has 0 amide bonds. The van der Waals surface area contributed by atoms with Crippen molar-refractivity contribution in [1.82, 2.24) is 0 Å². The summed E-state index contributed by atoms with van der Waals surface area (Å²) in [6.07, 6.45) is 1.04. The average Bonchev–Trinajstić information content (AvgIpc) is 2.26. The average molecular weight is 190 g/mol. The van der Waals surface area contributed by atoms with E-state index in [0.717, 1.165) is 18.7 Å². The molecule has 0 aliphatic carbocycles. The van der Waals surface area contributed by atoms with Crippen molar-refractivity contribution < 1.29 is 4.74 Å². The fraction of sp³-hybridized carbons (Fsp3) is 0.364. The minimum absolute atomic E-state index is 0.623. The molecular weight excluding hydrogens is 176 g/mol. The molecule has 0 saturated heterocycles. The first-order valence-electron chi connectivity index (χ1n) is 4.63. The second kappa shape index (κ2) is 5.13. The Hall–Kier alpha value is -1.69. The molecule has 1 aromatic carbocycles. The summed E-state index contributed by atoms with van der Waals surface area (Å²) in [6.45, 7) is 2.96. The van der Waals surface area contributed by atoms with E-state index < -0.39 is 0 Å². The Morgan fingerprint density at radius 1 is 1.50 bits per heavy atom. The predicted molar refractivity (Wildman–Crippen MR) is 56.5 cm³/mol.